The second kappa shape index (κ2) is 7.01. The fraction of sp³-hybridized carbons (Fsp3) is 1.00. The molecule has 1 aliphatic heterocycles. The second-order valence-corrected chi connectivity index (χ2v) is 6.98. The summed E-state index contributed by atoms with van der Waals surface area (Å²) in [5.41, 5.74) is 0. The van der Waals surface area contributed by atoms with E-state index in [1.165, 1.54) is 12.3 Å². The molecule has 3 heteroatoms. The van der Waals surface area contributed by atoms with Crippen molar-refractivity contribution < 1.29 is 0 Å². The highest BCUT2D eigenvalue weighted by atomic mass is 32.2. The Bertz CT molecular complexity index is 218. The summed E-state index contributed by atoms with van der Waals surface area (Å²) in [6.07, 6.45) is 2.21. The van der Waals surface area contributed by atoms with Gasteiger partial charge in [-0.1, -0.05) is 27.7 Å². The molecule has 1 heterocycles. The molecule has 2 nitrogen and oxygen atoms in total. The van der Waals surface area contributed by atoms with E-state index in [0.717, 1.165) is 18.4 Å². The molecule has 0 bridgehead atoms. The third-order valence-corrected chi connectivity index (χ3v) is 4.79. The van der Waals surface area contributed by atoms with E-state index in [2.05, 4.69) is 51.1 Å². The highest BCUT2D eigenvalue weighted by molar-refractivity contribution is 7.98. The zero-order chi connectivity index (χ0) is 13.0. The quantitative estimate of drug-likeness (QED) is 0.816. The van der Waals surface area contributed by atoms with Crippen molar-refractivity contribution in [2.75, 3.05) is 25.1 Å². The van der Waals surface area contributed by atoms with E-state index in [9.17, 15) is 0 Å². The lowest BCUT2D eigenvalue weighted by Crippen LogP contribution is -2.62. The highest BCUT2D eigenvalue weighted by Gasteiger charge is 2.33. The van der Waals surface area contributed by atoms with Gasteiger partial charge in [0.05, 0.1) is 0 Å². The predicted octanol–water partition coefficient (Wildman–Crippen LogP) is 2.69. The van der Waals surface area contributed by atoms with E-state index in [1.54, 1.807) is 0 Å². The monoisotopic (exact) mass is 258 g/mol. The Balaban J connectivity index is 2.68. The Labute approximate surface area is 112 Å². The summed E-state index contributed by atoms with van der Waals surface area (Å²) in [6.45, 7) is 14.1. The van der Waals surface area contributed by atoms with Crippen molar-refractivity contribution in [2.24, 2.45) is 11.8 Å². The molecular formula is C14H30N2S. The van der Waals surface area contributed by atoms with Gasteiger partial charge in [-0.2, -0.15) is 11.8 Å². The first-order valence-electron chi connectivity index (χ1n) is 6.95. The van der Waals surface area contributed by atoms with Crippen LogP contribution in [-0.2, 0) is 0 Å². The molecule has 1 N–H and O–H groups in total. The SMILES string of the molecule is CSCC(C)N1CC(C(C)C)NCC1C(C)C. The topological polar surface area (TPSA) is 15.3 Å². The van der Waals surface area contributed by atoms with E-state index in [0.29, 0.717) is 18.1 Å². The van der Waals surface area contributed by atoms with Gasteiger partial charge in [-0.3, -0.25) is 4.90 Å². The van der Waals surface area contributed by atoms with Crippen LogP contribution in [0.4, 0.5) is 0 Å². The van der Waals surface area contributed by atoms with Gasteiger partial charge in [-0.15, -0.1) is 0 Å². The molecule has 0 aromatic carbocycles. The van der Waals surface area contributed by atoms with Crippen molar-refractivity contribution in [2.45, 2.75) is 52.7 Å². The van der Waals surface area contributed by atoms with Crippen LogP contribution in [0.25, 0.3) is 0 Å². The standard InChI is InChI=1S/C14H30N2S/c1-10(2)13-8-16(12(5)9-17-6)14(7-15-13)11(3)4/h10-15H,7-9H2,1-6H3. The molecule has 17 heavy (non-hydrogen) atoms. The summed E-state index contributed by atoms with van der Waals surface area (Å²) in [7, 11) is 0. The van der Waals surface area contributed by atoms with Gasteiger partial charge in [-0.05, 0) is 25.0 Å². The Morgan fingerprint density at radius 3 is 2.29 bits per heavy atom. The van der Waals surface area contributed by atoms with Gasteiger partial charge in [0, 0.05) is 37.0 Å². The lowest BCUT2D eigenvalue weighted by Gasteiger charge is -2.46. The first-order valence-corrected chi connectivity index (χ1v) is 8.34. The zero-order valence-corrected chi connectivity index (χ0v) is 13.2. The molecule has 1 rings (SSSR count). The number of rotatable bonds is 5. The van der Waals surface area contributed by atoms with Gasteiger partial charge in [0.1, 0.15) is 0 Å². The molecule has 0 amide bonds. The van der Waals surface area contributed by atoms with Crippen molar-refractivity contribution in [3.63, 3.8) is 0 Å². The maximum absolute atomic E-state index is 3.73. The van der Waals surface area contributed by atoms with Crippen molar-refractivity contribution >= 4 is 11.8 Å². The summed E-state index contributed by atoms with van der Waals surface area (Å²) in [4.78, 5) is 2.74. The minimum absolute atomic E-state index is 0.661. The molecule has 102 valence electrons. The Kier molecular flexibility index (Phi) is 6.32. The lowest BCUT2D eigenvalue weighted by molar-refractivity contribution is 0.0598. The van der Waals surface area contributed by atoms with Crippen LogP contribution in [-0.4, -0.2) is 48.1 Å². The van der Waals surface area contributed by atoms with Crippen LogP contribution in [0.1, 0.15) is 34.6 Å². The largest absolute Gasteiger partial charge is 0.311 e. The van der Waals surface area contributed by atoms with Crippen molar-refractivity contribution in [3.8, 4) is 0 Å². The molecule has 0 aromatic heterocycles. The molecule has 0 aromatic rings. The maximum Gasteiger partial charge on any atom is 0.0247 e. The van der Waals surface area contributed by atoms with Crippen LogP contribution in [0.2, 0.25) is 0 Å². The van der Waals surface area contributed by atoms with Crippen molar-refractivity contribution in [1.29, 1.82) is 0 Å². The van der Waals surface area contributed by atoms with Gasteiger partial charge >= 0.3 is 0 Å². The molecule has 3 unspecified atom stereocenters. The number of nitrogens with one attached hydrogen (secondary N) is 1. The molecule has 0 saturated carbocycles. The first-order chi connectivity index (χ1) is 7.97. The molecule has 0 spiro atoms. The minimum Gasteiger partial charge on any atom is -0.311 e. The van der Waals surface area contributed by atoms with Gasteiger partial charge in [0.25, 0.3) is 0 Å². The number of thioether (sulfide) groups is 1. The van der Waals surface area contributed by atoms with Gasteiger partial charge in [0.15, 0.2) is 0 Å². The number of nitrogens with zero attached hydrogens (tertiary/aromatic N) is 1. The molecule has 1 fully saturated rings. The fourth-order valence-corrected chi connectivity index (χ4v) is 3.40. The van der Waals surface area contributed by atoms with E-state index >= 15 is 0 Å². The van der Waals surface area contributed by atoms with E-state index < -0.39 is 0 Å². The Hall–Kier alpha value is 0.270. The average Bonchev–Trinajstić information content (AvgIpc) is 2.28. The lowest BCUT2D eigenvalue weighted by atomic mass is 9.93. The van der Waals surface area contributed by atoms with Crippen LogP contribution >= 0.6 is 11.8 Å². The van der Waals surface area contributed by atoms with Crippen LogP contribution in [0.15, 0.2) is 0 Å². The van der Waals surface area contributed by atoms with Crippen LogP contribution in [0.3, 0.4) is 0 Å². The Morgan fingerprint density at radius 1 is 1.18 bits per heavy atom. The highest BCUT2D eigenvalue weighted by Crippen LogP contribution is 2.21. The average molecular weight is 258 g/mol. The second-order valence-electron chi connectivity index (χ2n) is 6.07. The molecule has 1 saturated heterocycles. The Morgan fingerprint density at radius 2 is 1.82 bits per heavy atom. The normalized spacial score (nSPS) is 28.9. The number of piperazine rings is 1. The van der Waals surface area contributed by atoms with Crippen molar-refractivity contribution in [3.05, 3.63) is 0 Å². The van der Waals surface area contributed by atoms with Crippen molar-refractivity contribution in [1.82, 2.24) is 10.2 Å². The number of hydrogen-bond acceptors (Lipinski definition) is 3. The van der Waals surface area contributed by atoms with E-state index in [4.69, 9.17) is 0 Å². The van der Waals surface area contributed by atoms with Gasteiger partial charge in [0.2, 0.25) is 0 Å². The third kappa shape index (κ3) is 4.15. The fourth-order valence-electron chi connectivity index (χ4n) is 2.73. The van der Waals surface area contributed by atoms with Crippen LogP contribution in [0.5, 0.6) is 0 Å². The van der Waals surface area contributed by atoms with Crippen LogP contribution in [0, 0.1) is 11.8 Å². The molecular weight excluding hydrogens is 228 g/mol. The maximum atomic E-state index is 3.73. The van der Waals surface area contributed by atoms with Gasteiger partial charge < -0.3 is 5.32 Å². The third-order valence-electron chi connectivity index (χ3n) is 3.97. The molecule has 0 aliphatic carbocycles. The first kappa shape index (κ1) is 15.3. The predicted molar refractivity (Wildman–Crippen MR) is 79.8 cm³/mol. The summed E-state index contributed by atoms with van der Waals surface area (Å²) in [6, 6.07) is 2.06. The van der Waals surface area contributed by atoms with Gasteiger partial charge in [-0.25, -0.2) is 0 Å². The summed E-state index contributed by atoms with van der Waals surface area (Å²) in [5.74, 6) is 2.71. The molecule has 0 radical (unpaired) electrons. The minimum atomic E-state index is 0.661. The zero-order valence-electron chi connectivity index (χ0n) is 12.4. The summed E-state index contributed by atoms with van der Waals surface area (Å²) >= 11 is 1.96. The number of hydrogen-bond donors (Lipinski definition) is 1. The smallest absolute Gasteiger partial charge is 0.0247 e. The van der Waals surface area contributed by atoms with Crippen LogP contribution < -0.4 is 5.32 Å². The summed E-state index contributed by atoms with van der Waals surface area (Å²) in [5, 5.41) is 3.73. The molecule has 1 aliphatic rings. The van der Waals surface area contributed by atoms with E-state index in [-0.39, 0.29) is 0 Å². The molecule has 3 atom stereocenters. The summed E-state index contributed by atoms with van der Waals surface area (Å²) < 4.78 is 0. The van der Waals surface area contributed by atoms with E-state index in [1.807, 2.05) is 11.8 Å².